The van der Waals surface area contributed by atoms with Crippen LogP contribution >= 0.6 is 15.9 Å². The number of benzene rings is 1. The third-order valence-corrected chi connectivity index (χ3v) is 4.56. The third kappa shape index (κ3) is 2.02. The molecule has 23 heavy (non-hydrogen) atoms. The van der Waals surface area contributed by atoms with Crippen molar-refractivity contribution >= 4 is 32.8 Å². The van der Waals surface area contributed by atoms with E-state index in [9.17, 15) is 9.59 Å². The summed E-state index contributed by atoms with van der Waals surface area (Å²) in [5.74, 6) is -0.183. The van der Waals surface area contributed by atoms with Crippen molar-refractivity contribution in [2.24, 2.45) is 0 Å². The van der Waals surface area contributed by atoms with Crippen LogP contribution in [0.2, 0.25) is 0 Å². The highest BCUT2D eigenvalue weighted by Gasteiger charge is 2.40. The smallest absolute Gasteiger partial charge is 0.290 e. The first-order valence-electron chi connectivity index (χ1n) is 7.01. The third-order valence-electron chi connectivity index (χ3n) is 4.06. The van der Waals surface area contributed by atoms with E-state index in [0.29, 0.717) is 16.5 Å². The van der Waals surface area contributed by atoms with Gasteiger partial charge >= 0.3 is 0 Å². The van der Waals surface area contributed by atoms with Crippen LogP contribution < -0.4 is 5.43 Å². The second kappa shape index (κ2) is 5.03. The zero-order valence-electron chi connectivity index (χ0n) is 12.1. The number of carbonyl (C=O) groups is 1. The Hall–Kier alpha value is -2.47. The number of rotatable bonds is 1. The van der Waals surface area contributed by atoms with Gasteiger partial charge in [0.15, 0.2) is 5.43 Å². The van der Waals surface area contributed by atoms with Gasteiger partial charge < -0.3 is 9.32 Å². The van der Waals surface area contributed by atoms with Gasteiger partial charge in [0.25, 0.3) is 5.91 Å². The van der Waals surface area contributed by atoms with Crippen molar-refractivity contribution in [3.05, 3.63) is 74.3 Å². The van der Waals surface area contributed by atoms with Gasteiger partial charge in [-0.05, 0) is 29.8 Å². The summed E-state index contributed by atoms with van der Waals surface area (Å²) >= 11 is 3.36. The van der Waals surface area contributed by atoms with E-state index >= 15 is 0 Å². The minimum atomic E-state index is -0.481. The van der Waals surface area contributed by atoms with Gasteiger partial charge in [0, 0.05) is 23.9 Å². The van der Waals surface area contributed by atoms with Crippen LogP contribution in [0.4, 0.5) is 0 Å². The zero-order chi connectivity index (χ0) is 16.1. The van der Waals surface area contributed by atoms with E-state index in [1.165, 1.54) is 4.90 Å². The maximum absolute atomic E-state index is 13.0. The lowest BCUT2D eigenvalue weighted by Crippen LogP contribution is -2.25. The van der Waals surface area contributed by atoms with E-state index in [2.05, 4.69) is 20.9 Å². The molecule has 114 valence electrons. The first-order chi connectivity index (χ1) is 11.1. The average Bonchev–Trinajstić information content (AvgIpc) is 2.81. The van der Waals surface area contributed by atoms with Crippen LogP contribution in [0, 0.1) is 0 Å². The van der Waals surface area contributed by atoms with Gasteiger partial charge in [-0.2, -0.15) is 0 Å². The molecule has 5 nitrogen and oxygen atoms in total. The molecule has 0 fully saturated rings. The molecule has 6 heteroatoms. The highest BCUT2D eigenvalue weighted by atomic mass is 79.9. The summed E-state index contributed by atoms with van der Waals surface area (Å²) in [5.41, 5.74) is 1.37. The number of halogens is 1. The topological polar surface area (TPSA) is 63.4 Å². The summed E-state index contributed by atoms with van der Waals surface area (Å²) in [6, 6.07) is 8.33. The van der Waals surface area contributed by atoms with Crippen molar-refractivity contribution < 1.29 is 9.21 Å². The number of aromatic nitrogens is 1. The molecule has 1 aromatic carbocycles. The minimum Gasteiger partial charge on any atom is -0.450 e. The number of fused-ring (bicyclic) bond motifs is 2. The maximum Gasteiger partial charge on any atom is 0.290 e. The minimum absolute atomic E-state index is 0.112. The number of amides is 1. The largest absolute Gasteiger partial charge is 0.450 e. The molecule has 1 aliphatic rings. The Morgan fingerprint density at radius 2 is 2.09 bits per heavy atom. The first-order valence-corrected chi connectivity index (χ1v) is 7.80. The van der Waals surface area contributed by atoms with Crippen molar-refractivity contribution in [1.29, 1.82) is 0 Å². The standard InChI is InChI=1S/C17H11BrN2O3/c1-20-14(9-3-2-6-19-8-9)13-15(21)11-7-10(18)4-5-12(11)23-16(13)17(20)22/h2-8,14H,1H3/t14-/m0/s1. The molecule has 0 bridgehead atoms. The van der Waals surface area contributed by atoms with Gasteiger partial charge in [-0.1, -0.05) is 22.0 Å². The highest BCUT2D eigenvalue weighted by Crippen LogP contribution is 2.36. The van der Waals surface area contributed by atoms with Crippen LogP contribution in [-0.2, 0) is 0 Å². The molecule has 0 aliphatic carbocycles. The number of hydrogen-bond donors (Lipinski definition) is 0. The molecule has 0 N–H and O–H groups in total. The predicted octanol–water partition coefficient (Wildman–Crippen LogP) is 3.13. The monoisotopic (exact) mass is 370 g/mol. The molecule has 1 aliphatic heterocycles. The second-order valence-corrected chi connectivity index (χ2v) is 6.34. The van der Waals surface area contributed by atoms with E-state index in [1.54, 1.807) is 43.7 Å². The van der Waals surface area contributed by atoms with Crippen molar-refractivity contribution in [3.63, 3.8) is 0 Å². The fraction of sp³-hybridized carbons (Fsp3) is 0.118. The molecule has 3 aromatic rings. The van der Waals surface area contributed by atoms with Crippen LogP contribution in [0.5, 0.6) is 0 Å². The molecule has 1 atom stereocenters. The maximum atomic E-state index is 13.0. The van der Waals surface area contributed by atoms with Crippen molar-refractivity contribution in [3.8, 4) is 0 Å². The fourth-order valence-electron chi connectivity index (χ4n) is 2.99. The SMILES string of the molecule is CN1C(=O)c2oc3ccc(Br)cc3c(=O)c2[C@@H]1c1cccnc1. The van der Waals surface area contributed by atoms with Crippen LogP contribution in [0.15, 0.2) is 56.4 Å². The molecule has 0 saturated carbocycles. The molecule has 0 unspecified atom stereocenters. The summed E-state index contributed by atoms with van der Waals surface area (Å²) in [7, 11) is 1.66. The Kier molecular flexibility index (Phi) is 3.09. The molecular weight excluding hydrogens is 360 g/mol. The molecule has 4 rings (SSSR count). The summed E-state index contributed by atoms with van der Waals surface area (Å²) in [4.78, 5) is 31.1. The van der Waals surface area contributed by atoms with Crippen LogP contribution in [0.3, 0.4) is 0 Å². The lowest BCUT2D eigenvalue weighted by molar-refractivity contribution is 0.0771. The van der Waals surface area contributed by atoms with Gasteiger partial charge in [0.2, 0.25) is 5.76 Å². The quantitative estimate of drug-likeness (QED) is 0.660. The Bertz CT molecular complexity index is 998. The lowest BCUT2D eigenvalue weighted by atomic mass is 10.0. The van der Waals surface area contributed by atoms with E-state index in [-0.39, 0.29) is 17.1 Å². The van der Waals surface area contributed by atoms with Crippen molar-refractivity contribution in [1.82, 2.24) is 9.88 Å². The Labute approximate surface area is 139 Å². The van der Waals surface area contributed by atoms with Gasteiger partial charge in [0.1, 0.15) is 5.58 Å². The predicted molar refractivity (Wildman–Crippen MR) is 88.4 cm³/mol. The Morgan fingerprint density at radius 3 is 2.83 bits per heavy atom. The van der Waals surface area contributed by atoms with Crippen LogP contribution in [-0.4, -0.2) is 22.8 Å². The number of hydrogen-bond acceptors (Lipinski definition) is 4. The summed E-state index contributed by atoms with van der Waals surface area (Å²) in [5, 5.41) is 0.454. The number of carbonyl (C=O) groups excluding carboxylic acids is 1. The molecule has 1 amide bonds. The Morgan fingerprint density at radius 1 is 1.26 bits per heavy atom. The van der Waals surface area contributed by atoms with Gasteiger partial charge in [0.05, 0.1) is 17.0 Å². The molecule has 2 aromatic heterocycles. The number of nitrogens with zero attached hydrogens (tertiary/aromatic N) is 2. The normalized spacial score (nSPS) is 16.9. The second-order valence-electron chi connectivity index (χ2n) is 5.42. The number of pyridine rings is 1. The highest BCUT2D eigenvalue weighted by molar-refractivity contribution is 9.10. The van der Waals surface area contributed by atoms with Gasteiger partial charge in [-0.25, -0.2) is 0 Å². The van der Waals surface area contributed by atoms with E-state index < -0.39 is 6.04 Å². The fourth-order valence-corrected chi connectivity index (χ4v) is 3.35. The summed E-state index contributed by atoms with van der Waals surface area (Å²) in [6.45, 7) is 0. The molecule has 3 heterocycles. The van der Waals surface area contributed by atoms with Crippen LogP contribution in [0.1, 0.15) is 27.7 Å². The van der Waals surface area contributed by atoms with Crippen LogP contribution in [0.25, 0.3) is 11.0 Å². The molecular formula is C17H11BrN2O3. The first kappa shape index (κ1) is 14.1. The van der Waals surface area contributed by atoms with Gasteiger partial charge in [-0.3, -0.25) is 14.6 Å². The summed E-state index contributed by atoms with van der Waals surface area (Å²) in [6.07, 6.45) is 3.31. The average molecular weight is 371 g/mol. The van der Waals surface area contributed by atoms with Gasteiger partial charge in [-0.15, -0.1) is 0 Å². The summed E-state index contributed by atoms with van der Waals surface area (Å²) < 4.78 is 6.53. The Balaban J connectivity index is 2.06. The lowest BCUT2D eigenvalue weighted by Gasteiger charge is -2.19. The van der Waals surface area contributed by atoms with Crippen molar-refractivity contribution in [2.45, 2.75) is 6.04 Å². The van der Waals surface area contributed by atoms with E-state index in [4.69, 9.17) is 4.42 Å². The van der Waals surface area contributed by atoms with Crippen molar-refractivity contribution in [2.75, 3.05) is 7.05 Å². The van der Waals surface area contributed by atoms with E-state index in [1.807, 2.05) is 6.07 Å². The molecule has 0 spiro atoms. The molecule has 0 radical (unpaired) electrons. The zero-order valence-corrected chi connectivity index (χ0v) is 13.7. The van der Waals surface area contributed by atoms with E-state index in [0.717, 1.165) is 10.0 Å². The molecule has 0 saturated heterocycles.